The van der Waals surface area contributed by atoms with E-state index >= 15 is 0 Å². The molecular weight excluding hydrogens is 466 g/mol. The molecule has 10 nitrogen and oxygen atoms in total. The maximum atomic E-state index is 10.5. The molecule has 0 fully saturated rings. The molecule has 0 amide bonds. The molecule has 1 atom stereocenters. The minimum Gasteiger partial charge on any atom is -0.373 e. The van der Waals surface area contributed by atoms with Crippen molar-refractivity contribution in [3.8, 4) is 28.3 Å². The van der Waals surface area contributed by atoms with E-state index in [4.69, 9.17) is 4.98 Å². The minimum atomic E-state index is -0.713. The van der Waals surface area contributed by atoms with Crippen molar-refractivity contribution in [3.05, 3.63) is 67.1 Å². The lowest BCUT2D eigenvalue weighted by atomic mass is 9.94. The van der Waals surface area contributed by atoms with Gasteiger partial charge in [0.1, 0.15) is 17.4 Å². The fourth-order valence-corrected chi connectivity index (χ4v) is 4.19. The summed E-state index contributed by atoms with van der Waals surface area (Å²) in [5.41, 5.74) is 7.13. The quantitative estimate of drug-likeness (QED) is 0.253. The lowest BCUT2D eigenvalue weighted by Gasteiger charge is -2.27. The fourth-order valence-electron chi connectivity index (χ4n) is 4.19. The van der Waals surface area contributed by atoms with E-state index in [2.05, 4.69) is 35.5 Å². The van der Waals surface area contributed by atoms with Crippen LogP contribution in [0.15, 0.2) is 61.4 Å². The largest absolute Gasteiger partial charge is 0.373 e. The van der Waals surface area contributed by atoms with Crippen molar-refractivity contribution in [1.82, 2.24) is 39.7 Å². The molecule has 0 bridgehead atoms. The molecule has 5 heterocycles. The van der Waals surface area contributed by atoms with Crippen LogP contribution in [0.5, 0.6) is 0 Å². The molecule has 0 saturated carbocycles. The number of anilines is 1. The maximum absolute atomic E-state index is 10.5. The highest BCUT2D eigenvalue weighted by atomic mass is 16.3. The molecule has 0 aliphatic carbocycles. The van der Waals surface area contributed by atoms with E-state index in [1.807, 2.05) is 68.8 Å². The Morgan fingerprint density at radius 3 is 2.68 bits per heavy atom. The number of rotatable bonds is 5. The Bertz CT molecular complexity index is 1740. The number of fused-ring (bicyclic) bond motifs is 2. The summed E-state index contributed by atoms with van der Waals surface area (Å²) < 4.78 is 1.97. The third-order valence-electron chi connectivity index (χ3n) is 6.32. The number of aliphatic hydroxyl groups excluding tert-OH is 1. The van der Waals surface area contributed by atoms with E-state index in [1.54, 1.807) is 24.9 Å². The smallest absolute Gasteiger partial charge is 0.181 e. The molecule has 5 aromatic heterocycles. The van der Waals surface area contributed by atoms with Crippen LogP contribution >= 0.6 is 0 Å². The van der Waals surface area contributed by atoms with Gasteiger partial charge in [0.2, 0.25) is 0 Å². The summed E-state index contributed by atoms with van der Waals surface area (Å²) in [6.45, 7) is 7.87. The Labute approximate surface area is 212 Å². The molecular formula is C27H27N9O. The summed E-state index contributed by atoms with van der Waals surface area (Å²) in [6, 6.07) is 9.98. The lowest BCUT2D eigenvalue weighted by Crippen LogP contribution is -2.33. The summed E-state index contributed by atoms with van der Waals surface area (Å²) >= 11 is 0. The second-order valence-electron chi connectivity index (χ2n) is 10.2. The van der Waals surface area contributed by atoms with Crippen LogP contribution in [0.25, 0.3) is 50.4 Å². The topological polar surface area (TPSA) is 133 Å². The van der Waals surface area contributed by atoms with Crippen LogP contribution in [0.1, 0.15) is 26.5 Å². The third-order valence-corrected chi connectivity index (χ3v) is 6.32. The van der Waals surface area contributed by atoms with Gasteiger partial charge >= 0.3 is 0 Å². The van der Waals surface area contributed by atoms with E-state index in [9.17, 15) is 5.11 Å². The highest BCUT2D eigenvalue weighted by molar-refractivity contribution is 5.94. The molecule has 0 aliphatic rings. The van der Waals surface area contributed by atoms with E-state index in [1.165, 1.54) is 0 Å². The number of hydrogen-bond donors (Lipinski definition) is 4. The van der Waals surface area contributed by atoms with Gasteiger partial charge in [0.15, 0.2) is 11.5 Å². The first-order valence-corrected chi connectivity index (χ1v) is 12.0. The summed E-state index contributed by atoms with van der Waals surface area (Å²) in [5, 5.41) is 21.9. The highest BCUT2D eigenvalue weighted by Crippen LogP contribution is 2.31. The number of aromatic nitrogens is 8. The Hall–Kier alpha value is -4.57. The Morgan fingerprint density at radius 1 is 1.05 bits per heavy atom. The Kier molecular flexibility index (Phi) is 5.27. The number of imidazole rings is 2. The Morgan fingerprint density at radius 2 is 1.89 bits per heavy atom. The minimum absolute atomic E-state index is 0.314. The van der Waals surface area contributed by atoms with E-state index < -0.39 is 6.23 Å². The van der Waals surface area contributed by atoms with Crippen LogP contribution in [0.4, 0.5) is 5.69 Å². The van der Waals surface area contributed by atoms with Gasteiger partial charge in [-0.15, -0.1) is 0 Å². The van der Waals surface area contributed by atoms with Crippen molar-refractivity contribution < 1.29 is 5.11 Å². The number of aliphatic hydroxyl groups is 1. The number of para-hydroxylation sites is 1. The fraction of sp³-hybridized carbons (Fsp3) is 0.222. The van der Waals surface area contributed by atoms with Gasteiger partial charge < -0.3 is 20.0 Å². The standard InChI is InChI=1S/C27H27N9O/c1-15-13-36(14-30-15)21-7-5-6-20-23(21)33-25(32-20)22-19-9-17(11-29-24(19)35-34-22)16-8-18(12-28-10-16)31-26(37)27(2,3)4/h5-14,26,31,37H,1-4H3,(H,32,33)(H,29,34,35). The molecule has 0 radical (unpaired) electrons. The van der Waals surface area contributed by atoms with Crippen molar-refractivity contribution in [3.63, 3.8) is 0 Å². The molecule has 0 saturated heterocycles. The van der Waals surface area contributed by atoms with E-state index in [0.717, 1.165) is 50.3 Å². The first-order valence-electron chi connectivity index (χ1n) is 12.0. The number of aryl methyl sites for hydroxylation is 1. The van der Waals surface area contributed by atoms with Crippen LogP contribution in [0, 0.1) is 12.3 Å². The van der Waals surface area contributed by atoms with Crippen LogP contribution < -0.4 is 5.32 Å². The molecule has 37 heavy (non-hydrogen) atoms. The average molecular weight is 494 g/mol. The maximum Gasteiger partial charge on any atom is 0.181 e. The first-order chi connectivity index (χ1) is 17.8. The van der Waals surface area contributed by atoms with E-state index in [0.29, 0.717) is 11.5 Å². The van der Waals surface area contributed by atoms with Crippen LogP contribution in [-0.4, -0.2) is 51.0 Å². The van der Waals surface area contributed by atoms with Crippen molar-refractivity contribution >= 4 is 27.8 Å². The van der Waals surface area contributed by atoms with Gasteiger partial charge in [-0.2, -0.15) is 5.10 Å². The number of hydrogen-bond acceptors (Lipinski definition) is 7. The van der Waals surface area contributed by atoms with Gasteiger partial charge in [0.05, 0.1) is 40.5 Å². The summed E-state index contributed by atoms with van der Waals surface area (Å²) in [6.07, 6.45) is 8.29. The van der Waals surface area contributed by atoms with Crippen molar-refractivity contribution in [2.24, 2.45) is 5.41 Å². The molecule has 1 unspecified atom stereocenters. The van der Waals surface area contributed by atoms with Crippen molar-refractivity contribution in [1.29, 1.82) is 0 Å². The van der Waals surface area contributed by atoms with Crippen molar-refractivity contribution in [2.75, 3.05) is 5.32 Å². The van der Waals surface area contributed by atoms with Crippen LogP contribution in [0.3, 0.4) is 0 Å². The third kappa shape index (κ3) is 4.21. The van der Waals surface area contributed by atoms with Gasteiger partial charge in [0.25, 0.3) is 0 Å². The molecule has 1 aromatic carbocycles. The number of H-pyrrole nitrogens is 2. The Balaban J connectivity index is 1.39. The zero-order valence-corrected chi connectivity index (χ0v) is 21.0. The number of benzene rings is 1. The molecule has 4 N–H and O–H groups in total. The highest BCUT2D eigenvalue weighted by Gasteiger charge is 2.22. The van der Waals surface area contributed by atoms with Crippen LogP contribution in [-0.2, 0) is 0 Å². The van der Waals surface area contributed by atoms with Crippen molar-refractivity contribution in [2.45, 2.75) is 33.9 Å². The summed E-state index contributed by atoms with van der Waals surface area (Å²) in [7, 11) is 0. The average Bonchev–Trinajstić information content (AvgIpc) is 3.60. The SMILES string of the molecule is Cc1cn(-c2cccc3[nH]c(-c4[nH]nc5ncc(-c6cncc(NC(O)C(C)(C)C)c6)cc45)nc23)cn1. The lowest BCUT2D eigenvalue weighted by molar-refractivity contribution is 0.0880. The van der Waals surface area contributed by atoms with Gasteiger partial charge in [-0.25, -0.2) is 15.0 Å². The molecule has 0 spiro atoms. The molecule has 10 heteroatoms. The number of aromatic amines is 2. The van der Waals surface area contributed by atoms with Gasteiger partial charge in [-0.1, -0.05) is 26.8 Å². The second kappa shape index (κ2) is 8.52. The summed E-state index contributed by atoms with van der Waals surface area (Å²) in [5.74, 6) is 0.669. The molecule has 6 rings (SSSR count). The molecule has 0 aliphatic heterocycles. The molecule has 6 aromatic rings. The second-order valence-corrected chi connectivity index (χ2v) is 10.2. The van der Waals surface area contributed by atoms with Gasteiger partial charge in [-0.05, 0) is 31.2 Å². The first kappa shape index (κ1) is 22.9. The predicted octanol–water partition coefficient (Wildman–Crippen LogP) is 4.83. The normalized spacial score (nSPS) is 12.9. The number of nitrogens with one attached hydrogen (secondary N) is 3. The van der Waals surface area contributed by atoms with Crippen LogP contribution in [0.2, 0.25) is 0 Å². The van der Waals surface area contributed by atoms with Gasteiger partial charge in [-0.3, -0.25) is 10.1 Å². The molecule has 186 valence electrons. The van der Waals surface area contributed by atoms with E-state index in [-0.39, 0.29) is 5.41 Å². The number of pyridine rings is 2. The number of nitrogens with zero attached hydrogens (tertiary/aromatic N) is 6. The predicted molar refractivity (Wildman–Crippen MR) is 143 cm³/mol. The zero-order valence-electron chi connectivity index (χ0n) is 21.0. The van der Waals surface area contributed by atoms with Gasteiger partial charge in [0, 0.05) is 35.1 Å². The zero-order chi connectivity index (χ0) is 25.7. The summed E-state index contributed by atoms with van der Waals surface area (Å²) in [4.78, 5) is 21.6. The monoisotopic (exact) mass is 493 g/mol.